The van der Waals surface area contributed by atoms with Gasteiger partial charge in [0.25, 0.3) is 16.9 Å². The molecule has 0 bridgehead atoms. The summed E-state index contributed by atoms with van der Waals surface area (Å²) < 4.78 is 3.62. The Labute approximate surface area is 170 Å². The van der Waals surface area contributed by atoms with Crippen LogP contribution in [0.4, 0.5) is 5.82 Å². The fraction of sp³-hybridized carbons (Fsp3) is 0.353. The van der Waals surface area contributed by atoms with Crippen molar-refractivity contribution < 1.29 is 9.36 Å². The van der Waals surface area contributed by atoms with Crippen molar-refractivity contribution in [3.05, 3.63) is 28.9 Å². The van der Waals surface area contributed by atoms with Crippen LogP contribution in [0.25, 0.3) is 10.2 Å². The molecule has 2 heterocycles. The Morgan fingerprint density at radius 1 is 1.48 bits per heavy atom. The molecule has 27 heavy (non-hydrogen) atoms. The molecule has 144 valence electrons. The zero-order valence-corrected chi connectivity index (χ0v) is 17.5. The molecule has 0 aliphatic rings. The molecule has 0 aliphatic carbocycles. The molecule has 0 atom stereocenters. The van der Waals surface area contributed by atoms with Crippen molar-refractivity contribution in [2.24, 2.45) is 5.73 Å². The highest BCUT2D eigenvalue weighted by molar-refractivity contribution is 8.00. The highest BCUT2D eigenvalue weighted by Crippen LogP contribution is 2.36. The summed E-state index contributed by atoms with van der Waals surface area (Å²) >= 11 is 9.16. The van der Waals surface area contributed by atoms with E-state index in [2.05, 4.69) is 29.1 Å². The third-order valence-electron chi connectivity index (χ3n) is 3.91. The van der Waals surface area contributed by atoms with Gasteiger partial charge >= 0.3 is 0 Å². The van der Waals surface area contributed by atoms with E-state index in [4.69, 9.17) is 23.1 Å². The van der Waals surface area contributed by atoms with Crippen LogP contribution in [0.3, 0.4) is 0 Å². The van der Waals surface area contributed by atoms with Gasteiger partial charge in [0.1, 0.15) is 0 Å². The van der Waals surface area contributed by atoms with Crippen molar-refractivity contribution >= 4 is 56.6 Å². The minimum atomic E-state index is -0.583. The van der Waals surface area contributed by atoms with Crippen LogP contribution in [-0.4, -0.2) is 28.5 Å². The van der Waals surface area contributed by atoms with Gasteiger partial charge < -0.3 is 16.8 Å². The Bertz CT molecular complexity index is 968. The van der Waals surface area contributed by atoms with Crippen LogP contribution in [-0.2, 0) is 6.54 Å². The molecule has 0 saturated carbocycles. The van der Waals surface area contributed by atoms with Crippen LogP contribution in [0.15, 0.2) is 27.7 Å². The largest absolute Gasteiger partial charge is 0.363 e. The van der Waals surface area contributed by atoms with Crippen LogP contribution in [0.1, 0.15) is 30.8 Å². The summed E-state index contributed by atoms with van der Waals surface area (Å²) in [6, 6.07) is 6.06. The number of rotatable bonds is 8. The number of anilines is 1. The molecular formula is C17H22ClN6OS2+. The standard InChI is InChI=1S/C17H21ClN6OS2/c1-9(2)21-7-4-8-24-14(19)12(15(20)25)23-16(24)27-17-22-11-6-3-5-10(18)13(11)26-17/h3,5-6,9,21H,4,7-8H2,1-2H3,(H4,19,20,25)/p+1. The average molecular weight is 426 g/mol. The quantitative estimate of drug-likeness (QED) is 0.327. The number of carbonyl (C=O) groups is 1. The first kappa shape index (κ1) is 19.9. The van der Waals surface area contributed by atoms with E-state index in [0.29, 0.717) is 23.4 Å². The Kier molecular flexibility index (Phi) is 6.25. The maximum absolute atomic E-state index is 11.7. The van der Waals surface area contributed by atoms with Gasteiger partial charge in [-0.3, -0.25) is 9.78 Å². The summed E-state index contributed by atoms with van der Waals surface area (Å²) in [5.41, 5.74) is 12.7. The van der Waals surface area contributed by atoms with Gasteiger partial charge in [-0.2, -0.15) is 0 Å². The molecule has 7 nitrogen and oxygen atoms in total. The minimum absolute atomic E-state index is 0.216. The third-order valence-corrected chi connectivity index (χ3v) is 6.52. The summed E-state index contributed by atoms with van der Waals surface area (Å²) in [7, 11) is 0. The highest BCUT2D eigenvalue weighted by Gasteiger charge is 2.26. The molecule has 0 unspecified atom stereocenters. The number of hydrogen-bond acceptors (Lipinski definition) is 6. The second kappa shape index (κ2) is 8.47. The molecule has 3 aromatic rings. The average Bonchev–Trinajstić information content (AvgIpc) is 3.14. The molecule has 2 aromatic heterocycles. The molecular weight excluding hydrogens is 404 g/mol. The highest BCUT2D eigenvalue weighted by atomic mass is 35.5. The van der Waals surface area contributed by atoms with Gasteiger partial charge in [0, 0.05) is 17.8 Å². The maximum atomic E-state index is 11.7. The van der Waals surface area contributed by atoms with Gasteiger partial charge in [-0.15, -0.1) is 11.3 Å². The number of H-pyrrole nitrogens is 1. The lowest BCUT2D eigenvalue weighted by Gasteiger charge is -2.07. The zero-order chi connectivity index (χ0) is 19.6. The molecule has 10 heteroatoms. The number of hydrogen-bond donors (Lipinski definition) is 4. The minimum Gasteiger partial charge on any atom is -0.363 e. The second-order valence-corrected chi connectivity index (χ2v) is 8.98. The van der Waals surface area contributed by atoms with E-state index >= 15 is 0 Å². The van der Waals surface area contributed by atoms with Gasteiger partial charge in [-0.1, -0.05) is 31.5 Å². The number of nitrogens with two attached hydrogens (primary N) is 2. The lowest BCUT2D eigenvalue weighted by atomic mass is 10.3. The van der Waals surface area contributed by atoms with E-state index < -0.39 is 5.91 Å². The van der Waals surface area contributed by atoms with Crippen LogP contribution in [0.5, 0.6) is 0 Å². The van der Waals surface area contributed by atoms with Crippen molar-refractivity contribution in [2.45, 2.75) is 42.4 Å². The monoisotopic (exact) mass is 425 g/mol. The number of aromatic nitrogens is 3. The van der Waals surface area contributed by atoms with E-state index in [1.165, 1.54) is 23.1 Å². The van der Waals surface area contributed by atoms with Crippen molar-refractivity contribution in [1.29, 1.82) is 0 Å². The van der Waals surface area contributed by atoms with E-state index in [1.54, 1.807) is 0 Å². The van der Waals surface area contributed by atoms with E-state index in [-0.39, 0.29) is 5.69 Å². The summed E-state index contributed by atoms with van der Waals surface area (Å²) in [5, 5.41) is 4.77. The number of nitrogens with one attached hydrogen (secondary N) is 2. The van der Waals surface area contributed by atoms with Crippen LogP contribution < -0.4 is 21.4 Å². The number of benzene rings is 1. The van der Waals surface area contributed by atoms with E-state index in [0.717, 1.165) is 32.7 Å². The predicted molar refractivity (Wildman–Crippen MR) is 110 cm³/mol. The van der Waals surface area contributed by atoms with Crippen molar-refractivity contribution in [2.75, 3.05) is 12.3 Å². The van der Waals surface area contributed by atoms with E-state index in [1.807, 2.05) is 22.8 Å². The van der Waals surface area contributed by atoms with Crippen LogP contribution in [0.2, 0.25) is 5.02 Å². The molecule has 6 N–H and O–H groups in total. The number of halogens is 1. The summed E-state index contributed by atoms with van der Waals surface area (Å²) in [6.45, 7) is 5.70. The number of nitrogens with zero attached hydrogens (tertiary/aromatic N) is 2. The summed E-state index contributed by atoms with van der Waals surface area (Å²) in [6.07, 6.45) is 0.863. The lowest BCUT2D eigenvalue weighted by Crippen LogP contribution is -2.39. The first-order valence-electron chi connectivity index (χ1n) is 8.54. The van der Waals surface area contributed by atoms with Gasteiger partial charge in [0.15, 0.2) is 4.34 Å². The Balaban J connectivity index is 1.87. The fourth-order valence-electron chi connectivity index (χ4n) is 2.62. The van der Waals surface area contributed by atoms with Gasteiger partial charge in [0.05, 0.1) is 21.8 Å². The van der Waals surface area contributed by atoms with Crippen molar-refractivity contribution in [3.8, 4) is 0 Å². The smallest absolute Gasteiger partial charge is 0.287 e. The van der Waals surface area contributed by atoms with Crippen molar-refractivity contribution in [1.82, 2.24) is 15.3 Å². The zero-order valence-electron chi connectivity index (χ0n) is 15.1. The number of thiazole rings is 1. The normalized spacial score (nSPS) is 11.6. The topological polar surface area (TPSA) is 114 Å². The second-order valence-electron chi connectivity index (χ2n) is 6.34. The number of nitrogen functional groups attached to an aromatic ring is 1. The predicted octanol–water partition coefficient (Wildman–Crippen LogP) is 2.79. The Morgan fingerprint density at radius 2 is 2.26 bits per heavy atom. The molecule has 0 spiro atoms. The molecule has 3 rings (SSSR count). The molecule has 0 aliphatic heterocycles. The molecule has 0 radical (unpaired) electrons. The van der Waals surface area contributed by atoms with Gasteiger partial charge in [-0.05, 0) is 25.1 Å². The Morgan fingerprint density at radius 3 is 2.93 bits per heavy atom. The SMILES string of the molecule is CC(C)NCCC[n+]1c(Sc2nc3cccc(Cl)c3s2)[nH]c(C(N)=O)c1N. The number of carbonyl (C=O) groups excluding carboxylic acids is 1. The number of amides is 1. The number of aromatic amines is 1. The van der Waals surface area contributed by atoms with Gasteiger partial charge in [-0.25, -0.2) is 9.55 Å². The Hall–Kier alpha value is -1.81. The molecule has 1 amide bonds. The molecule has 1 aromatic carbocycles. The number of fused-ring (bicyclic) bond motifs is 1. The summed E-state index contributed by atoms with van der Waals surface area (Å²) in [4.78, 5) is 19.3. The van der Waals surface area contributed by atoms with E-state index in [9.17, 15) is 4.79 Å². The van der Waals surface area contributed by atoms with Crippen LogP contribution in [0, 0.1) is 0 Å². The first-order chi connectivity index (χ1) is 12.9. The van der Waals surface area contributed by atoms with Crippen LogP contribution >= 0.6 is 34.7 Å². The lowest BCUT2D eigenvalue weighted by molar-refractivity contribution is -0.718. The maximum Gasteiger partial charge on any atom is 0.287 e. The van der Waals surface area contributed by atoms with Gasteiger partial charge in [0.2, 0.25) is 5.69 Å². The number of imidazole rings is 1. The van der Waals surface area contributed by atoms with Crippen molar-refractivity contribution in [3.63, 3.8) is 0 Å². The molecule has 0 saturated heterocycles. The molecule has 0 fully saturated rings. The summed E-state index contributed by atoms with van der Waals surface area (Å²) in [5.74, 6) is -0.241. The third kappa shape index (κ3) is 4.55. The fourth-order valence-corrected chi connectivity index (χ4v) is 5.03. The number of primary amides is 1. The first-order valence-corrected chi connectivity index (χ1v) is 10.5.